The van der Waals surface area contributed by atoms with E-state index in [0.717, 1.165) is 0 Å². The molecule has 1 amide bonds. The van der Waals surface area contributed by atoms with E-state index in [1.54, 1.807) is 21.0 Å². The molecule has 0 rings (SSSR count). The van der Waals surface area contributed by atoms with Gasteiger partial charge in [-0.1, -0.05) is 6.92 Å². The van der Waals surface area contributed by atoms with E-state index in [0.29, 0.717) is 13.0 Å². The number of aliphatic hydroxyl groups is 1. The van der Waals surface area contributed by atoms with E-state index >= 15 is 0 Å². The van der Waals surface area contributed by atoms with E-state index in [2.05, 4.69) is 5.32 Å². The number of hydrogen-bond donors (Lipinski definition) is 2. The number of methoxy groups -OCH3 is 1. The van der Waals surface area contributed by atoms with E-state index in [1.807, 2.05) is 6.92 Å². The Morgan fingerprint density at radius 2 is 2.14 bits per heavy atom. The van der Waals surface area contributed by atoms with Crippen LogP contribution in [0, 0.1) is 5.92 Å². The molecule has 0 aliphatic carbocycles. The van der Waals surface area contributed by atoms with Gasteiger partial charge in [-0.3, -0.25) is 4.79 Å². The third-order valence-corrected chi connectivity index (χ3v) is 1.70. The molecule has 84 valence electrons. The van der Waals surface area contributed by atoms with Crippen LogP contribution in [0.1, 0.15) is 27.2 Å². The topological polar surface area (TPSA) is 58.6 Å². The molecule has 4 heteroatoms. The van der Waals surface area contributed by atoms with Gasteiger partial charge in [0.15, 0.2) is 0 Å². The van der Waals surface area contributed by atoms with Gasteiger partial charge in [-0.15, -0.1) is 0 Å². The minimum absolute atomic E-state index is 0.0447. The average molecular weight is 203 g/mol. The van der Waals surface area contributed by atoms with Crippen LogP contribution in [0.2, 0.25) is 0 Å². The fourth-order valence-corrected chi connectivity index (χ4v) is 1.05. The first-order valence-electron chi connectivity index (χ1n) is 4.83. The quantitative estimate of drug-likeness (QED) is 0.662. The van der Waals surface area contributed by atoms with E-state index in [9.17, 15) is 9.90 Å². The summed E-state index contributed by atoms with van der Waals surface area (Å²) < 4.78 is 4.92. The molecular formula is C10H21NO3. The highest BCUT2D eigenvalue weighted by molar-refractivity contribution is 5.76. The average Bonchev–Trinajstić information content (AvgIpc) is 2.00. The van der Waals surface area contributed by atoms with Crippen LogP contribution in [0.25, 0.3) is 0 Å². The molecule has 2 N–H and O–H groups in total. The molecule has 0 bridgehead atoms. The molecule has 0 aromatic heterocycles. The Bertz CT molecular complexity index is 175. The maximum atomic E-state index is 11.3. The Kier molecular flexibility index (Phi) is 5.72. The normalized spacial score (nSPS) is 13.8. The van der Waals surface area contributed by atoms with Gasteiger partial charge < -0.3 is 15.2 Å². The molecule has 0 fully saturated rings. The SMILES string of the molecule is COCC(C)CC(=O)NCC(C)(C)O. The highest BCUT2D eigenvalue weighted by Crippen LogP contribution is 2.02. The van der Waals surface area contributed by atoms with Crippen molar-refractivity contribution < 1.29 is 14.6 Å². The van der Waals surface area contributed by atoms with Crippen molar-refractivity contribution in [2.24, 2.45) is 5.92 Å². The van der Waals surface area contributed by atoms with Gasteiger partial charge >= 0.3 is 0 Å². The predicted molar refractivity (Wildman–Crippen MR) is 55.0 cm³/mol. The third kappa shape index (κ3) is 8.01. The third-order valence-electron chi connectivity index (χ3n) is 1.70. The number of carbonyl (C=O) groups excluding carboxylic acids is 1. The van der Waals surface area contributed by atoms with Crippen LogP contribution in [0.3, 0.4) is 0 Å². The lowest BCUT2D eigenvalue weighted by atomic mass is 10.1. The zero-order valence-corrected chi connectivity index (χ0v) is 9.46. The molecule has 0 aliphatic heterocycles. The second kappa shape index (κ2) is 5.98. The first-order valence-corrected chi connectivity index (χ1v) is 4.83. The first-order chi connectivity index (χ1) is 6.35. The molecule has 0 saturated carbocycles. The van der Waals surface area contributed by atoms with Crippen molar-refractivity contribution >= 4 is 5.91 Å². The van der Waals surface area contributed by atoms with Gasteiger partial charge in [0, 0.05) is 26.7 Å². The van der Waals surface area contributed by atoms with Crippen molar-refractivity contribution in [1.29, 1.82) is 0 Å². The molecular weight excluding hydrogens is 182 g/mol. The van der Waals surface area contributed by atoms with Crippen LogP contribution in [0.4, 0.5) is 0 Å². The summed E-state index contributed by atoms with van der Waals surface area (Å²) in [6.45, 7) is 6.13. The standard InChI is InChI=1S/C10H21NO3/c1-8(6-14-4)5-9(12)11-7-10(2,3)13/h8,13H,5-7H2,1-4H3,(H,11,12). The van der Waals surface area contributed by atoms with E-state index < -0.39 is 5.60 Å². The van der Waals surface area contributed by atoms with Crippen molar-refractivity contribution in [3.63, 3.8) is 0 Å². The Labute approximate surface area is 85.6 Å². The van der Waals surface area contributed by atoms with Crippen molar-refractivity contribution in [2.45, 2.75) is 32.8 Å². The molecule has 0 heterocycles. The first kappa shape index (κ1) is 13.4. The molecule has 0 saturated heterocycles. The number of carbonyl (C=O) groups is 1. The van der Waals surface area contributed by atoms with Crippen LogP contribution >= 0.6 is 0 Å². The number of nitrogens with one attached hydrogen (secondary N) is 1. The van der Waals surface area contributed by atoms with Crippen molar-refractivity contribution in [3.8, 4) is 0 Å². The van der Waals surface area contributed by atoms with Crippen molar-refractivity contribution in [3.05, 3.63) is 0 Å². The van der Waals surface area contributed by atoms with E-state index in [4.69, 9.17) is 4.74 Å². The summed E-state index contributed by atoms with van der Waals surface area (Å²) in [5, 5.41) is 12.0. The van der Waals surface area contributed by atoms with E-state index in [1.165, 1.54) is 0 Å². The molecule has 4 nitrogen and oxygen atoms in total. The molecule has 1 atom stereocenters. The van der Waals surface area contributed by atoms with Crippen LogP contribution in [0.15, 0.2) is 0 Å². The minimum Gasteiger partial charge on any atom is -0.389 e. The van der Waals surface area contributed by atoms with Crippen LogP contribution in [0.5, 0.6) is 0 Å². The molecule has 0 aromatic carbocycles. The maximum Gasteiger partial charge on any atom is 0.220 e. The zero-order valence-electron chi connectivity index (χ0n) is 9.46. The largest absolute Gasteiger partial charge is 0.389 e. The lowest BCUT2D eigenvalue weighted by Crippen LogP contribution is -2.38. The summed E-state index contributed by atoms with van der Waals surface area (Å²) in [6.07, 6.45) is 0.434. The predicted octanol–water partition coefficient (Wildman–Crippen LogP) is 0.546. The van der Waals surface area contributed by atoms with Crippen molar-refractivity contribution in [1.82, 2.24) is 5.32 Å². The molecule has 1 unspecified atom stereocenters. The molecule has 0 aliphatic rings. The smallest absolute Gasteiger partial charge is 0.220 e. The van der Waals surface area contributed by atoms with Gasteiger partial charge in [0.1, 0.15) is 0 Å². The summed E-state index contributed by atoms with van der Waals surface area (Å²) in [5.74, 6) is 0.165. The maximum absolute atomic E-state index is 11.3. The Morgan fingerprint density at radius 1 is 1.57 bits per heavy atom. The molecule has 0 radical (unpaired) electrons. The molecule has 14 heavy (non-hydrogen) atoms. The Morgan fingerprint density at radius 3 is 2.57 bits per heavy atom. The minimum atomic E-state index is -0.847. The molecule has 0 aromatic rings. The van der Waals surface area contributed by atoms with Crippen molar-refractivity contribution in [2.75, 3.05) is 20.3 Å². The summed E-state index contributed by atoms with van der Waals surface area (Å²) >= 11 is 0. The fraction of sp³-hybridized carbons (Fsp3) is 0.900. The van der Waals surface area contributed by atoms with Crippen LogP contribution in [-0.4, -0.2) is 36.9 Å². The van der Waals surface area contributed by atoms with Gasteiger partial charge in [-0.05, 0) is 19.8 Å². The number of hydrogen-bond acceptors (Lipinski definition) is 3. The lowest BCUT2D eigenvalue weighted by Gasteiger charge is -2.18. The second-order valence-corrected chi connectivity index (χ2v) is 4.35. The summed E-state index contributed by atoms with van der Waals surface area (Å²) in [7, 11) is 1.62. The van der Waals surface area contributed by atoms with Gasteiger partial charge in [-0.2, -0.15) is 0 Å². The Balaban J connectivity index is 3.65. The highest BCUT2D eigenvalue weighted by atomic mass is 16.5. The second-order valence-electron chi connectivity index (χ2n) is 4.35. The fourth-order valence-electron chi connectivity index (χ4n) is 1.05. The summed E-state index contributed by atoms with van der Waals surface area (Å²) in [4.78, 5) is 11.3. The number of rotatable bonds is 6. The van der Waals surface area contributed by atoms with Gasteiger partial charge in [0.25, 0.3) is 0 Å². The molecule has 0 spiro atoms. The number of ether oxygens (including phenoxy) is 1. The van der Waals surface area contributed by atoms with Gasteiger partial charge in [-0.25, -0.2) is 0 Å². The monoisotopic (exact) mass is 203 g/mol. The summed E-state index contributed by atoms with van der Waals surface area (Å²) in [5.41, 5.74) is -0.847. The van der Waals surface area contributed by atoms with Crippen LogP contribution in [-0.2, 0) is 9.53 Å². The Hall–Kier alpha value is -0.610. The summed E-state index contributed by atoms with van der Waals surface area (Å²) in [6, 6.07) is 0. The van der Waals surface area contributed by atoms with Gasteiger partial charge in [0.2, 0.25) is 5.91 Å². The lowest BCUT2D eigenvalue weighted by molar-refractivity contribution is -0.123. The number of amides is 1. The van der Waals surface area contributed by atoms with Gasteiger partial charge in [0.05, 0.1) is 5.60 Å². The van der Waals surface area contributed by atoms with E-state index in [-0.39, 0.29) is 18.4 Å². The van der Waals surface area contributed by atoms with Crippen LogP contribution < -0.4 is 5.32 Å². The zero-order chi connectivity index (χ0) is 11.2. The highest BCUT2D eigenvalue weighted by Gasteiger charge is 2.15.